The monoisotopic (exact) mass is 264 g/mol. The molecule has 0 aromatic heterocycles. The Hall–Kier alpha value is -1.30. The molecule has 0 fully saturated rings. The van der Waals surface area contributed by atoms with Crippen LogP contribution in [-0.4, -0.2) is 28.7 Å². The molecule has 0 aromatic carbocycles. The Labute approximate surface area is 118 Å². The summed E-state index contributed by atoms with van der Waals surface area (Å²) in [4.78, 5) is 17.9. The molecule has 0 heterocycles. The fourth-order valence-corrected chi connectivity index (χ4v) is 1.76. The van der Waals surface area contributed by atoms with Crippen molar-refractivity contribution in [3.63, 3.8) is 0 Å². The number of nitrogens with zero attached hydrogens (tertiary/aromatic N) is 2. The van der Waals surface area contributed by atoms with Gasteiger partial charge in [-0.05, 0) is 40.0 Å². The molecule has 0 aliphatic rings. The molecule has 3 nitrogen and oxygen atoms in total. The Morgan fingerprint density at radius 1 is 1.21 bits per heavy atom. The molecule has 0 aromatic rings. The zero-order chi connectivity index (χ0) is 14.8. The zero-order valence-electron chi connectivity index (χ0n) is 13.3. The zero-order valence-corrected chi connectivity index (χ0v) is 13.3. The van der Waals surface area contributed by atoms with Crippen LogP contribution in [0.1, 0.15) is 67.2 Å². The van der Waals surface area contributed by atoms with Gasteiger partial charge in [0, 0.05) is 25.4 Å². The van der Waals surface area contributed by atoms with Crippen molar-refractivity contribution in [2.75, 3.05) is 0 Å². The predicted octanol–water partition coefficient (Wildman–Crippen LogP) is 3.63. The first kappa shape index (κ1) is 17.7. The summed E-state index contributed by atoms with van der Waals surface area (Å²) in [6, 6.07) is 0.223. The van der Waals surface area contributed by atoms with E-state index in [0.717, 1.165) is 12.8 Å². The highest BCUT2D eigenvalue weighted by Gasteiger charge is 2.17. The van der Waals surface area contributed by atoms with Gasteiger partial charge in [-0.3, -0.25) is 14.7 Å². The summed E-state index contributed by atoms with van der Waals surface area (Å²) in [7, 11) is 0. The molecule has 0 unspecified atom stereocenters. The van der Waals surface area contributed by atoms with Crippen LogP contribution in [-0.2, 0) is 4.79 Å². The molecule has 1 amide bonds. The maximum Gasteiger partial charge on any atom is 0.225 e. The topological polar surface area (TPSA) is 32.7 Å². The van der Waals surface area contributed by atoms with Crippen LogP contribution in [0.2, 0.25) is 0 Å². The van der Waals surface area contributed by atoms with Crippen molar-refractivity contribution < 1.29 is 4.79 Å². The van der Waals surface area contributed by atoms with Gasteiger partial charge in [0.25, 0.3) is 0 Å². The average Bonchev–Trinajstić information content (AvgIpc) is 2.26. The van der Waals surface area contributed by atoms with Gasteiger partial charge in [0.2, 0.25) is 5.91 Å². The second-order valence-electron chi connectivity index (χ2n) is 5.29. The average molecular weight is 264 g/mol. The smallest absolute Gasteiger partial charge is 0.225 e. The van der Waals surface area contributed by atoms with E-state index in [4.69, 9.17) is 0 Å². The molecule has 0 aliphatic carbocycles. The molecule has 19 heavy (non-hydrogen) atoms. The number of aliphatic imine (C=N–C) groups is 1. The van der Waals surface area contributed by atoms with E-state index in [0.29, 0.717) is 5.84 Å². The molecule has 0 saturated carbocycles. The van der Waals surface area contributed by atoms with Crippen LogP contribution in [0.25, 0.3) is 0 Å². The molecule has 0 spiro atoms. The van der Waals surface area contributed by atoms with Gasteiger partial charge in [0.1, 0.15) is 0 Å². The summed E-state index contributed by atoms with van der Waals surface area (Å²) in [6.07, 6.45) is 4.38. The van der Waals surface area contributed by atoms with Gasteiger partial charge < -0.3 is 0 Å². The predicted molar refractivity (Wildman–Crippen MR) is 82.1 cm³/mol. The Morgan fingerprint density at radius 3 is 2.26 bits per heavy atom. The fraction of sp³-hybridized carbons (Fsp3) is 0.750. The van der Waals surface area contributed by atoms with E-state index in [-0.39, 0.29) is 18.0 Å². The molecular formula is C16H28N2O. The lowest BCUT2D eigenvalue weighted by molar-refractivity contribution is -0.126. The van der Waals surface area contributed by atoms with Crippen molar-refractivity contribution in [1.82, 2.24) is 4.90 Å². The van der Waals surface area contributed by atoms with Crippen LogP contribution < -0.4 is 0 Å². The second kappa shape index (κ2) is 9.61. The van der Waals surface area contributed by atoms with Crippen LogP contribution in [0.5, 0.6) is 0 Å². The number of unbranched alkanes of at least 4 members (excludes halogenated alkanes) is 3. The van der Waals surface area contributed by atoms with Crippen molar-refractivity contribution in [3.05, 3.63) is 0 Å². The summed E-state index contributed by atoms with van der Waals surface area (Å²) in [6.45, 7) is 11.7. The minimum atomic E-state index is -0.00254. The van der Waals surface area contributed by atoms with Crippen molar-refractivity contribution >= 4 is 11.7 Å². The van der Waals surface area contributed by atoms with Gasteiger partial charge in [0.15, 0.2) is 5.84 Å². The van der Waals surface area contributed by atoms with E-state index < -0.39 is 0 Å². The lowest BCUT2D eigenvalue weighted by Crippen LogP contribution is -2.40. The first-order chi connectivity index (χ1) is 8.90. The number of carbonyl (C=O) groups is 1. The first-order valence-electron chi connectivity index (χ1n) is 7.26. The maximum absolute atomic E-state index is 11.7. The highest BCUT2D eigenvalue weighted by atomic mass is 16.2. The largest absolute Gasteiger partial charge is 0.288 e. The molecule has 108 valence electrons. The third-order valence-electron chi connectivity index (χ3n) is 2.57. The van der Waals surface area contributed by atoms with E-state index in [1.165, 1.54) is 12.8 Å². The summed E-state index contributed by atoms with van der Waals surface area (Å²) in [5.41, 5.74) is 0. The molecule has 0 saturated heterocycles. The molecule has 3 heteroatoms. The van der Waals surface area contributed by atoms with Gasteiger partial charge in [0.05, 0.1) is 0 Å². The number of hydrogen-bond donors (Lipinski definition) is 0. The number of carbonyl (C=O) groups excluding carboxylic acids is 1. The first-order valence-corrected chi connectivity index (χ1v) is 7.26. The minimum Gasteiger partial charge on any atom is -0.288 e. The summed E-state index contributed by atoms with van der Waals surface area (Å²) >= 11 is 0. The van der Waals surface area contributed by atoms with Gasteiger partial charge in [-0.2, -0.15) is 0 Å². The summed E-state index contributed by atoms with van der Waals surface area (Å²) in [5, 5.41) is 0. The van der Waals surface area contributed by atoms with Crippen molar-refractivity contribution in [1.29, 1.82) is 0 Å². The quantitative estimate of drug-likeness (QED) is 0.323. The molecule has 0 bridgehead atoms. The standard InChI is InChI=1S/C16H28N2O/c1-7-8-9-10-11-12-16(17-13(2)3)18(14(4)5)15(6)19/h13-14H,7-10H2,1-6H3. The highest BCUT2D eigenvalue weighted by Crippen LogP contribution is 2.04. The minimum absolute atomic E-state index is 0.00254. The highest BCUT2D eigenvalue weighted by molar-refractivity contribution is 6.07. The van der Waals surface area contributed by atoms with E-state index in [9.17, 15) is 4.79 Å². The third kappa shape index (κ3) is 7.66. The second-order valence-corrected chi connectivity index (χ2v) is 5.29. The van der Waals surface area contributed by atoms with Crippen LogP contribution >= 0.6 is 0 Å². The van der Waals surface area contributed by atoms with Crippen molar-refractivity contribution in [3.8, 4) is 11.8 Å². The number of hydrogen-bond acceptors (Lipinski definition) is 2. The molecule has 0 atom stereocenters. The van der Waals surface area contributed by atoms with Gasteiger partial charge >= 0.3 is 0 Å². The number of amidine groups is 1. The molecular weight excluding hydrogens is 236 g/mol. The summed E-state index contributed by atoms with van der Waals surface area (Å²) in [5.74, 6) is 6.82. The van der Waals surface area contributed by atoms with Crippen LogP contribution in [0.3, 0.4) is 0 Å². The van der Waals surface area contributed by atoms with E-state index >= 15 is 0 Å². The molecule has 0 radical (unpaired) electrons. The Balaban J connectivity index is 4.95. The number of rotatable bonds is 5. The van der Waals surface area contributed by atoms with E-state index in [2.05, 4.69) is 23.8 Å². The Morgan fingerprint density at radius 2 is 1.84 bits per heavy atom. The van der Waals surface area contributed by atoms with Gasteiger partial charge in [-0.1, -0.05) is 25.7 Å². The molecule has 0 N–H and O–H groups in total. The Kier molecular flexibility index (Phi) is 8.95. The van der Waals surface area contributed by atoms with Crippen molar-refractivity contribution in [2.24, 2.45) is 4.99 Å². The Bertz CT molecular complexity index is 359. The lowest BCUT2D eigenvalue weighted by atomic mass is 10.2. The van der Waals surface area contributed by atoms with E-state index in [1.807, 2.05) is 27.7 Å². The van der Waals surface area contributed by atoms with Crippen molar-refractivity contribution in [2.45, 2.75) is 79.3 Å². The third-order valence-corrected chi connectivity index (χ3v) is 2.57. The SMILES string of the molecule is CCCCCC#CC(=NC(C)C)N(C(C)=O)C(C)C. The number of amides is 1. The normalized spacial score (nSPS) is 11.5. The fourth-order valence-electron chi connectivity index (χ4n) is 1.76. The van der Waals surface area contributed by atoms with Crippen LogP contribution in [0.4, 0.5) is 0 Å². The summed E-state index contributed by atoms with van der Waals surface area (Å²) < 4.78 is 0. The molecule has 0 aliphatic heterocycles. The van der Waals surface area contributed by atoms with Gasteiger partial charge in [-0.25, -0.2) is 0 Å². The van der Waals surface area contributed by atoms with Crippen LogP contribution in [0.15, 0.2) is 4.99 Å². The van der Waals surface area contributed by atoms with Gasteiger partial charge in [-0.15, -0.1) is 0 Å². The lowest BCUT2D eigenvalue weighted by Gasteiger charge is -2.24. The van der Waals surface area contributed by atoms with E-state index in [1.54, 1.807) is 11.8 Å². The molecule has 0 rings (SSSR count). The van der Waals surface area contributed by atoms with Crippen LogP contribution in [0, 0.1) is 11.8 Å². The maximum atomic E-state index is 11.7.